The van der Waals surface area contributed by atoms with Crippen molar-refractivity contribution in [3.8, 4) is 5.75 Å². The van der Waals surface area contributed by atoms with E-state index in [-0.39, 0.29) is 5.82 Å². The molecule has 0 atom stereocenters. The molecule has 1 aromatic carbocycles. The Balaban J connectivity index is 2.89. The highest BCUT2D eigenvalue weighted by atomic mass is 35.5. The minimum Gasteiger partial charge on any atom is -0.494 e. The van der Waals surface area contributed by atoms with Gasteiger partial charge in [0.1, 0.15) is 17.1 Å². The standard InChI is InChI=1S/C11H9ClFNO/c1-6-3-9(12)8-4-7(13)5-10(15-2)11(8)14-6/h3-5H,1-2H3. The summed E-state index contributed by atoms with van der Waals surface area (Å²) in [6, 6.07) is 4.35. The molecule has 1 aromatic heterocycles. The van der Waals surface area contributed by atoms with Crippen LogP contribution in [-0.2, 0) is 0 Å². The van der Waals surface area contributed by atoms with Crippen LogP contribution >= 0.6 is 11.6 Å². The number of fused-ring (bicyclic) bond motifs is 1. The number of rotatable bonds is 1. The Morgan fingerprint density at radius 1 is 1.33 bits per heavy atom. The first-order valence-corrected chi connectivity index (χ1v) is 4.80. The summed E-state index contributed by atoms with van der Waals surface area (Å²) < 4.78 is 18.3. The smallest absolute Gasteiger partial charge is 0.148 e. The monoisotopic (exact) mass is 225 g/mol. The maximum Gasteiger partial charge on any atom is 0.148 e. The summed E-state index contributed by atoms with van der Waals surface area (Å²) in [5.41, 5.74) is 1.36. The first kappa shape index (κ1) is 10.2. The molecule has 0 amide bonds. The highest BCUT2D eigenvalue weighted by molar-refractivity contribution is 6.35. The summed E-state index contributed by atoms with van der Waals surface area (Å²) in [5.74, 6) is 0.0162. The number of halogens is 2. The molecule has 1 heterocycles. The maximum absolute atomic E-state index is 13.2. The molecule has 0 radical (unpaired) electrons. The van der Waals surface area contributed by atoms with E-state index in [4.69, 9.17) is 16.3 Å². The van der Waals surface area contributed by atoms with E-state index in [0.717, 1.165) is 5.69 Å². The third kappa shape index (κ3) is 1.75. The van der Waals surface area contributed by atoms with Crippen LogP contribution in [0.4, 0.5) is 4.39 Å². The van der Waals surface area contributed by atoms with Gasteiger partial charge >= 0.3 is 0 Å². The number of pyridine rings is 1. The van der Waals surface area contributed by atoms with E-state index >= 15 is 0 Å². The summed E-state index contributed by atoms with van der Waals surface area (Å²) in [6.07, 6.45) is 0. The fourth-order valence-corrected chi connectivity index (χ4v) is 1.80. The molecule has 2 rings (SSSR count). The van der Waals surface area contributed by atoms with Gasteiger partial charge in [0.2, 0.25) is 0 Å². The molecule has 0 fully saturated rings. The Hall–Kier alpha value is -1.35. The number of hydrogen-bond donors (Lipinski definition) is 0. The minimum atomic E-state index is -0.382. The van der Waals surface area contributed by atoms with Crippen molar-refractivity contribution in [2.75, 3.05) is 7.11 Å². The van der Waals surface area contributed by atoms with Crippen molar-refractivity contribution in [3.63, 3.8) is 0 Å². The van der Waals surface area contributed by atoms with Gasteiger partial charge in [-0.05, 0) is 19.1 Å². The molecule has 0 aliphatic rings. The number of benzene rings is 1. The number of methoxy groups -OCH3 is 1. The number of aromatic nitrogens is 1. The quantitative estimate of drug-likeness (QED) is 0.743. The van der Waals surface area contributed by atoms with E-state index in [1.165, 1.54) is 19.2 Å². The van der Waals surface area contributed by atoms with Crippen molar-refractivity contribution < 1.29 is 9.13 Å². The lowest BCUT2D eigenvalue weighted by atomic mass is 10.2. The molecule has 0 spiro atoms. The second-order valence-corrected chi connectivity index (χ2v) is 3.66. The van der Waals surface area contributed by atoms with E-state index < -0.39 is 0 Å². The average molecular weight is 226 g/mol. The Bertz CT molecular complexity index is 527. The summed E-state index contributed by atoms with van der Waals surface area (Å²) >= 11 is 6.00. The molecule has 0 aliphatic heterocycles. The van der Waals surface area contributed by atoms with Crippen molar-refractivity contribution >= 4 is 22.5 Å². The van der Waals surface area contributed by atoms with E-state index in [2.05, 4.69) is 4.98 Å². The zero-order valence-corrected chi connectivity index (χ0v) is 9.10. The molecule has 0 aliphatic carbocycles. The van der Waals surface area contributed by atoms with Gasteiger partial charge in [-0.25, -0.2) is 9.37 Å². The molecule has 2 nitrogen and oxygen atoms in total. The van der Waals surface area contributed by atoms with Gasteiger partial charge in [0.25, 0.3) is 0 Å². The van der Waals surface area contributed by atoms with Crippen molar-refractivity contribution in [2.24, 2.45) is 0 Å². The topological polar surface area (TPSA) is 22.1 Å². The maximum atomic E-state index is 13.2. The fraction of sp³-hybridized carbons (Fsp3) is 0.182. The van der Waals surface area contributed by atoms with Crippen LogP contribution in [0, 0.1) is 12.7 Å². The SMILES string of the molecule is COc1cc(F)cc2c(Cl)cc(C)nc12. The van der Waals surface area contributed by atoms with Gasteiger partial charge in [-0.3, -0.25) is 0 Å². The van der Waals surface area contributed by atoms with E-state index in [9.17, 15) is 4.39 Å². The van der Waals surface area contributed by atoms with Crippen LogP contribution in [-0.4, -0.2) is 12.1 Å². The largest absolute Gasteiger partial charge is 0.494 e. The average Bonchev–Trinajstić information content (AvgIpc) is 2.18. The van der Waals surface area contributed by atoms with Crippen LogP contribution in [0.1, 0.15) is 5.69 Å². The number of ether oxygens (including phenoxy) is 1. The lowest BCUT2D eigenvalue weighted by Gasteiger charge is -2.07. The summed E-state index contributed by atoms with van der Waals surface area (Å²) in [7, 11) is 1.48. The second-order valence-electron chi connectivity index (χ2n) is 3.25. The second kappa shape index (κ2) is 3.66. The lowest BCUT2D eigenvalue weighted by molar-refractivity contribution is 0.415. The van der Waals surface area contributed by atoms with Gasteiger partial charge in [-0.15, -0.1) is 0 Å². The van der Waals surface area contributed by atoms with Gasteiger partial charge in [-0.2, -0.15) is 0 Å². The van der Waals surface area contributed by atoms with Crippen LogP contribution in [0.25, 0.3) is 10.9 Å². The van der Waals surface area contributed by atoms with Crippen molar-refractivity contribution in [2.45, 2.75) is 6.92 Å². The van der Waals surface area contributed by atoms with Crippen molar-refractivity contribution in [1.82, 2.24) is 4.98 Å². The van der Waals surface area contributed by atoms with Crippen LogP contribution in [0.15, 0.2) is 18.2 Å². The number of hydrogen-bond acceptors (Lipinski definition) is 2. The predicted octanol–water partition coefficient (Wildman–Crippen LogP) is 3.34. The van der Waals surface area contributed by atoms with E-state index in [0.29, 0.717) is 21.7 Å². The third-order valence-electron chi connectivity index (χ3n) is 2.14. The van der Waals surface area contributed by atoms with Crippen LogP contribution < -0.4 is 4.74 Å². The molecule has 78 valence electrons. The molecule has 0 bridgehead atoms. The van der Waals surface area contributed by atoms with Gasteiger partial charge in [0, 0.05) is 17.1 Å². The molecule has 0 saturated carbocycles. The van der Waals surface area contributed by atoms with Gasteiger partial charge in [0.15, 0.2) is 0 Å². The summed E-state index contributed by atoms with van der Waals surface area (Å²) in [6.45, 7) is 1.83. The Labute approximate surface area is 91.6 Å². The molecule has 2 aromatic rings. The molecule has 0 N–H and O–H groups in total. The van der Waals surface area contributed by atoms with Gasteiger partial charge in [-0.1, -0.05) is 11.6 Å². The van der Waals surface area contributed by atoms with Crippen LogP contribution in [0.5, 0.6) is 5.75 Å². The zero-order chi connectivity index (χ0) is 11.0. The van der Waals surface area contributed by atoms with Crippen LogP contribution in [0.2, 0.25) is 5.02 Å². The lowest BCUT2D eigenvalue weighted by Crippen LogP contribution is -1.92. The van der Waals surface area contributed by atoms with Crippen molar-refractivity contribution in [3.05, 3.63) is 34.7 Å². The fourth-order valence-electron chi connectivity index (χ4n) is 1.50. The highest BCUT2D eigenvalue weighted by Crippen LogP contribution is 2.30. The van der Waals surface area contributed by atoms with Crippen molar-refractivity contribution in [1.29, 1.82) is 0 Å². The molecule has 0 unspecified atom stereocenters. The Morgan fingerprint density at radius 3 is 2.73 bits per heavy atom. The molecular weight excluding hydrogens is 217 g/mol. The number of nitrogens with zero attached hydrogens (tertiary/aromatic N) is 1. The summed E-state index contributed by atoms with van der Waals surface area (Å²) in [5, 5.41) is 1.05. The zero-order valence-electron chi connectivity index (χ0n) is 8.34. The van der Waals surface area contributed by atoms with Gasteiger partial charge in [0.05, 0.1) is 12.1 Å². The molecule has 4 heteroatoms. The Kier molecular flexibility index (Phi) is 2.49. The van der Waals surface area contributed by atoms with E-state index in [1.54, 1.807) is 6.07 Å². The predicted molar refractivity (Wildman–Crippen MR) is 58.0 cm³/mol. The first-order chi connectivity index (χ1) is 7.11. The van der Waals surface area contributed by atoms with Gasteiger partial charge < -0.3 is 4.74 Å². The number of aryl methyl sites for hydroxylation is 1. The van der Waals surface area contributed by atoms with E-state index in [1.807, 2.05) is 6.92 Å². The Morgan fingerprint density at radius 2 is 2.07 bits per heavy atom. The normalized spacial score (nSPS) is 10.7. The first-order valence-electron chi connectivity index (χ1n) is 4.42. The minimum absolute atomic E-state index is 0.382. The molecule has 15 heavy (non-hydrogen) atoms. The van der Waals surface area contributed by atoms with Crippen LogP contribution in [0.3, 0.4) is 0 Å². The molecule has 0 saturated heterocycles. The summed E-state index contributed by atoms with van der Waals surface area (Å²) in [4.78, 5) is 4.27. The highest BCUT2D eigenvalue weighted by Gasteiger charge is 2.09. The molecular formula is C11H9ClFNO. The third-order valence-corrected chi connectivity index (χ3v) is 2.45.